The molecule has 2 atom stereocenters. The van der Waals surface area contributed by atoms with Gasteiger partial charge in [0.25, 0.3) is 0 Å². The zero-order chi connectivity index (χ0) is 29.4. The molecule has 2 aromatic heterocycles. The number of thioether (sulfide) groups is 2. The number of benzene rings is 2. The highest BCUT2D eigenvalue weighted by molar-refractivity contribution is 8.14. The minimum Gasteiger partial charge on any atom is -0.382 e. The van der Waals surface area contributed by atoms with Gasteiger partial charge in [0.1, 0.15) is 18.1 Å². The first-order chi connectivity index (χ1) is 20.4. The molecule has 2 aromatic carbocycles. The molecule has 0 bridgehead atoms. The molecule has 15 heteroatoms. The second-order valence-electron chi connectivity index (χ2n) is 9.10. The van der Waals surface area contributed by atoms with E-state index in [2.05, 4.69) is 20.0 Å². The summed E-state index contributed by atoms with van der Waals surface area (Å²) in [7, 11) is -3.84. The second kappa shape index (κ2) is 14.4. The van der Waals surface area contributed by atoms with Crippen molar-refractivity contribution < 1.29 is 27.9 Å². The summed E-state index contributed by atoms with van der Waals surface area (Å²) >= 11 is 2.14. The number of carbonyl (C=O) groups is 2. The van der Waals surface area contributed by atoms with Crippen molar-refractivity contribution in [3.8, 4) is 0 Å². The Morgan fingerprint density at radius 1 is 0.952 bits per heavy atom. The summed E-state index contributed by atoms with van der Waals surface area (Å²) in [6, 6.07) is 17.4. The number of nitrogens with zero attached hydrogens (tertiary/aromatic N) is 4. The van der Waals surface area contributed by atoms with Crippen molar-refractivity contribution in [1.82, 2.24) is 24.6 Å². The van der Waals surface area contributed by atoms with Crippen LogP contribution in [0.15, 0.2) is 73.3 Å². The largest absolute Gasteiger partial charge is 0.405 e. The van der Waals surface area contributed by atoms with Crippen molar-refractivity contribution in [1.29, 1.82) is 0 Å². The number of aromatic nitrogens is 4. The Balaban J connectivity index is 1.18. The maximum absolute atomic E-state index is 13.8. The summed E-state index contributed by atoms with van der Waals surface area (Å²) in [5, 5.41) is 2.77. The number of anilines is 1. The molecule has 0 aliphatic carbocycles. The number of rotatable bonds is 13. The number of hydrogen-bond donors (Lipinski definition) is 2. The van der Waals surface area contributed by atoms with Gasteiger partial charge in [0, 0.05) is 35.1 Å². The van der Waals surface area contributed by atoms with Crippen LogP contribution in [0.4, 0.5) is 5.82 Å². The average molecular weight is 629 g/mol. The van der Waals surface area contributed by atoms with Gasteiger partial charge >= 0.3 is 7.75 Å². The molecule has 42 heavy (non-hydrogen) atoms. The van der Waals surface area contributed by atoms with Gasteiger partial charge in [-0.3, -0.25) is 23.2 Å². The number of carbonyl (C=O) groups excluding carboxylic acids is 2. The molecule has 1 aliphatic rings. The number of hydrogen-bond acceptors (Lipinski definition) is 12. The first-order valence-corrected chi connectivity index (χ1v) is 16.6. The van der Waals surface area contributed by atoms with Gasteiger partial charge in [-0.05, 0) is 0 Å². The predicted octanol–water partition coefficient (Wildman–Crippen LogP) is 4.57. The average Bonchev–Trinajstić information content (AvgIpc) is 3.66. The molecule has 1 aliphatic heterocycles. The molecular weight excluding hydrogens is 599 g/mol. The van der Waals surface area contributed by atoms with Gasteiger partial charge in [0.2, 0.25) is 10.2 Å². The smallest absolute Gasteiger partial charge is 0.382 e. The Bertz CT molecular complexity index is 1500. The number of fused-ring (bicyclic) bond motifs is 1. The van der Waals surface area contributed by atoms with Crippen LogP contribution in [0.1, 0.15) is 33.4 Å². The van der Waals surface area contributed by atoms with Gasteiger partial charge in [0.05, 0.1) is 26.1 Å². The topological polar surface area (TPSA) is 161 Å². The molecule has 0 spiro atoms. The molecule has 1 fully saturated rings. The monoisotopic (exact) mass is 628 g/mol. The first kappa shape index (κ1) is 30.4. The molecule has 0 amide bonds. The first-order valence-electron chi connectivity index (χ1n) is 13.1. The molecule has 3 heterocycles. The molecule has 0 radical (unpaired) electrons. The van der Waals surface area contributed by atoms with E-state index in [0.717, 1.165) is 23.5 Å². The highest BCUT2D eigenvalue weighted by Gasteiger charge is 2.35. The molecule has 220 valence electrons. The van der Waals surface area contributed by atoms with E-state index in [-0.39, 0.29) is 53.4 Å². The van der Waals surface area contributed by atoms with Crippen molar-refractivity contribution in [2.75, 3.05) is 37.1 Å². The van der Waals surface area contributed by atoms with Crippen molar-refractivity contribution >= 4 is 58.5 Å². The van der Waals surface area contributed by atoms with E-state index >= 15 is 0 Å². The standard InChI is InChI=1S/C27H29N6O6PS2/c28-24-23-25(30-17-29-24)33(18-31-23)22-15-21(16-37-22)32-40(36,38-11-13-41-26(34)19-7-3-1-4-8-19)39-12-14-42-27(35)20-9-5-2-6-10-20/h1-10,17-18,21-22H,11-16H2,(H,32,36)(H2,28,29,30). The molecule has 1 saturated heterocycles. The lowest BCUT2D eigenvalue weighted by molar-refractivity contribution is 0.0580. The van der Waals surface area contributed by atoms with Crippen LogP contribution in [0.25, 0.3) is 11.2 Å². The number of nitrogen functional groups attached to an aromatic ring is 1. The summed E-state index contributed by atoms with van der Waals surface area (Å²) in [4.78, 5) is 37.3. The fourth-order valence-electron chi connectivity index (χ4n) is 4.21. The molecule has 5 rings (SSSR count). The summed E-state index contributed by atoms with van der Waals surface area (Å²) in [6.45, 7) is 0.232. The zero-order valence-corrected chi connectivity index (χ0v) is 24.9. The van der Waals surface area contributed by atoms with Crippen LogP contribution in [0.5, 0.6) is 0 Å². The predicted molar refractivity (Wildman–Crippen MR) is 162 cm³/mol. The number of imidazole rings is 1. The van der Waals surface area contributed by atoms with Gasteiger partial charge in [-0.25, -0.2) is 24.6 Å². The van der Waals surface area contributed by atoms with Crippen LogP contribution in [-0.4, -0.2) is 67.1 Å². The van der Waals surface area contributed by atoms with E-state index in [0.29, 0.717) is 28.7 Å². The van der Waals surface area contributed by atoms with Crippen LogP contribution in [0, 0.1) is 0 Å². The van der Waals surface area contributed by atoms with E-state index < -0.39 is 14.0 Å². The molecule has 0 saturated carbocycles. The lowest BCUT2D eigenvalue weighted by atomic mass is 10.2. The van der Waals surface area contributed by atoms with Crippen LogP contribution >= 0.6 is 31.3 Å². The third-order valence-electron chi connectivity index (χ3n) is 6.19. The highest BCUT2D eigenvalue weighted by Crippen LogP contribution is 2.46. The summed E-state index contributed by atoms with van der Waals surface area (Å²) in [5.41, 5.74) is 8.06. The normalized spacial score (nSPS) is 17.0. The van der Waals surface area contributed by atoms with Gasteiger partial charge in [-0.15, -0.1) is 0 Å². The van der Waals surface area contributed by atoms with Crippen molar-refractivity contribution in [3.05, 3.63) is 84.4 Å². The lowest BCUT2D eigenvalue weighted by Gasteiger charge is -2.22. The minimum atomic E-state index is -3.84. The highest BCUT2D eigenvalue weighted by atomic mass is 32.2. The van der Waals surface area contributed by atoms with Crippen LogP contribution in [-0.2, 0) is 18.3 Å². The molecular formula is C27H29N6O6PS2. The maximum atomic E-state index is 13.8. The Morgan fingerprint density at radius 3 is 2.14 bits per heavy atom. The minimum absolute atomic E-state index is 0.00294. The van der Waals surface area contributed by atoms with Crippen LogP contribution in [0.3, 0.4) is 0 Å². The van der Waals surface area contributed by atoms with Gasteiger partial charge in [-0.1, -0.05) is 84.2 Å². The van der Waals surface area contributed by atoms with E-state index in [1.165, 1.54) is 6.33 Å². The number of nitrogens with one attached hydrogen (secondary N) is 1. The Morgan fingerprint density at radius 2 is 1.55 bits per heavy atom. The van der Waals surface area contributed by atoms with E-state index in [1.807, 2.05) is 12.1 Å². The quantitative estimate of drug-likeness (QED) is 0.157. The van der Waals surface area contributed by atoms with Gasteiger partial charge in [-0.2, -0.15) is 0 Å². The number of ether oxygens (including phenoxy) is 1. The Kier molecular flexibility index (Phi) is 10.4. The SMILES string of the molecule is Nc1ncnc2c1ncn2C1CC(NP(=O)(OCCSC(=O)c2ccccc2)OCCSC(=O)c2ccccc2)CO1. The third kappa shape index (κ3) is 7.84. The molecule has 2 unspecified atom stereocenters. The van der Waals surface area contributed by atoms with Gasteiger partial charge in [0.15, 0.2) is 11.5 Å². The summed E-state index contributed by atoms with van der Waals surface area (Å²) in [5.74, 6) is 0.816. The molecule has 4 aromatic rings. The van der Waals surface area contributed by atoms with Crippen LogP contribution < -0.4 is 10.8 Å². The molecule has 3 N–H and O–H groups in total. The van der Waals surface area contributed by atoms with Gasteiger partial charge < -0.3 is 10.5 Å². The van der Waals surface area contributed by atoms with E-state index in [9.17, 15) is 14.2 Å². The van der Waals surface area contributed by atoms with Crippen molar-refractivity contribution in [2.45, 2.75) is 18.7 Å². The number of nitrogens with two attached hydrogens (primary N) is 1. The molecule has 12 nitrogen and oxygen atoms in total. The van der Waals surface area contributed by atoms with E-state index in [1.54, 1.807) is 59.4 Å². The maximum Gasteiger partial charge on any atom is 0.405 e. The van der Waals surface area contributed by atoms with Crippen molar-refractivity contribution in [3.63, 3.8) is 0 Å². The lowest BCUT2D eigenvalue weighted by Crippen LogP contribution is -2.29. The van der Waals surface area contributed by atoms with Crippen molar-refractivity contribution in [2.24, 2.45) is 0 Å². The van der Waals surface area contributed by atoms with Crippen LogP contribution in [0.2, 0.25) is 0 Å². The summed E-state index contributed by atoms with van der Waals surface area (Å²) in [6.07, 6.45) is 2.93. The fourth-order valence-corrected chi connectivity index (χ4v) is 7.28. The zero-order valence-electron chi connectivity index (χ0n) is 22.4. The van der Waals surface area contributed by atoms with E-state index in [4.69, 9.17) is 19.5 Å². The Hall–Kier alpha value is -3.10. The summed E-state index contributed by atoms with van der Waals surface area (Å²) < 4.78 is 32.9. The third-order valence-corrected chi connectivity index (χ3v) is 9.65. The second-order valence-corrected chi connectivity index (χ2v) is 13.0. The Labute approximate surface area is 250 Å². The fraction of sp³-hybridized carbons (Fsp3) is 0.296.